The van der Waals surface area contributed by atoms with Crippen LogP contribution in [-0.4, -0.2) is 67.1 Å². The van der Waals surface area contributed by atoms with Gasteiger partial charge in [0.1, 0.15) is 17.3 Å². The lowest BCUT2D eigenvalue weighted by Gasteiger charge is -2.23. The number of nitrogens with one attached hydrogen (secondary N) is 1. The van der Waals surface area contributed by atoms with Crippen LogP contribution in [0.25, 0.3) is 0 Å². The minimum Gasteiger partial charge on any atom is -0.383 e. The number of sulfonamides is 1. The first-order chi connectivity index (χ1) is 9.45. The number of anilines is 1. The predicted molar refractivity (Wildman–Crippen MR) is 66.5 cm³/mol. The minimum absolute atomic E-state index is 0.0105. The third-order valence-electron chi connectivity index (χ3n) is 2.42. The highest BCUT2D eigenvalue weighted by Crippen LogP contribution is 2.24. The van der Waals surface area contributed by atoms with Crippen LogP contribution in [0.4, 0.5) is 19.0 Å². The molecule has 0 fully saturated rings. The van der Waals surface area contributed by atoms with E-state index in [-0.39, 0.29) is 4.31 Å². The van der Waals surface area contributed by atoms with Gasteiger partial charge in [-0.1, -0.05) is 0 Å². The summed E-state index contributed by atoms with van der Waals surface area (Å²) in [5.41, 5.74) is 5.32. The van der Waals surface area contributed by atoms with Crippen molar-refractivity contribution in [2.75, 3.05) is 32.9 Å². The van der Waals surface area contributed by atoms with Gasteiger partial charge in [-0.05, 0) is 0 Å². The van der Waals surface area contributed by atoms with Crippen LogP contribution in [0.3, 0.4) is 0 Å². The van der Waals surface area contributed by atoms with Crippen molar-refractivity contribution < 1.29 is 26.4 Å². The molecule has 0 aromatic carbocycles. The Morgan fingerprint density at radius 3 is 2.38 bits per heavy atom. The number of aromatic amines is 1. The number of likely N-dealkylation sites (N-methyl/N-ethyl adjacent to an activating group) is 1. The monoisotopic (exact) mass is 329 g/mol. The first-order valence-electron chi connectivity index (χ1n) is 5.51. The highest BCUT2D eigenvalue weighted by atomic mass is 32.2. The van der Waals surface area contributed by atoms with Gasteiger partial charge in [-0.25, -0.2) is 8.42 Å². The number of H-pyrrole nitrogens is 1. The molecule has 1 aromatic heterocycles. The Morgan fingerprint density at radius 1 is 1.43 bits per heavy atom. The molecule has 120 valence electrons. The number of alkyl halides is 3. The average Bonchev–Trinajstić information content (AvgIpc) is 2.73. The fourth-order valence-corrected chi connectivity index (χ4v) is 2.73. The second-order valence-corrected chi connectivity index (χ2v) is 6.23. The number of hydrogen-bond acceptors (Lipinski definition) is 5. The highest BCUT2D eigenvalue weighted by Gasteiger charge is 2.39. The fourth-order valence-electron chi connectivity index (χ4n) is 1.35. The summed E-state index contributed by atoms with van der Waals surface area (Å²) in [6.45, 7) is -2.76. The molecule has 1 rings (SSSR count). The van der Waals surface area contributed by atoms with Crippen molar-refractivity contribution in [2.24, 2.45) is 0 Å². The van der Waals surface area contributed by atoms with Crippen molar-refractivity contribution in [3.63, 3.8) is 0 Å². The van der Waals surface area contributed by atoms with E-state index in [0.717, 1.165) is 11.1 Å². The molecule has 21 heavy (non-hydrogen) atoms. The van der Waals surface area contributed by atoms with Gasteiger partial charge in [0.15, 0.2) is 0 Å². The zero-order valence-corrected chi connectivity index (χ0v) is 12.0. The maximum Gasteiger partial charge on any atom is 0.402 e. The predicted octanol–water partition coefficient (Wildman–Crippen LogP) is -0.367. The number of carbonyl (C=O) groups excluding carboxylic acids is 1. The Kier molecular flexibility index (Phi) is 4.83. The van der Waals surface area contributed by atoms with Crippen LogP contribution in [0.1, 0.15) is 0 Å². The van der Waals surface area contributed by atoms with Gasteiger partial charge in [-0.3, -0.25) is 9.89 Å². The Balaban J connectivity index is 3.17. The van der Waals surface area contributed by atoms with Crippen molar-refractivity contribution in [3.05, 3.63) is 6.20 Å². The molecule has 0 saturated heterocycles. The van der Waals surface area contributed by atoms with Crippen LogP contribution in [-0.2, 0) is 14.8 Å². The summed E-state index contributed by atoms with van der Waals surface area (Å²) in [6, 6.07) is 0. The van der Waals surface area contributed by atoms with Gasteiger partial charge >= 0.3 is 6.18 Å². The van der Waals surface area contributed by atoms with Crippen LogP contribution in [0.5, 0.6) is 0 Å². The molecule has 3 N–H and O–H groups in total. The van der Waals surface area contributed by atoms with Gasteiger partial charge in [0.25, 0.3) is 0 Å². The topological polar surface area (TPSA) is 112 Å². The molecular formula is C9H14F3N5O3S. The van der Waals surface area contributed by atoms with Gasteiger partial charge in [0.05, 0.1) is 12.7 Å². The van der Waals surface area contributed by atoms with E-state index in [9.17, 15) is 26.4 Å². The molecule has 8 nitrogen and oxygen atoms in total. The van der Waals surface area contributed by atoms with Gasteiger partial charge in [0.2, 0.25) is 15.9 Å². The molecule has 0 radical (unpaired) electrons. The molecule has 1 aromatic rings. The molecule has 0 bridgehead atoms. The maximum atomic E-state index is 12.5. The normalized spacial score (nSPS) is 12.7. The molecular weight excluding hydrogens is 315 g/mol. The minimum atomic E-state index is -4.81. The summed E-state index contributed by atoms with van der Waals surface area (Å²) in [4.78, 5) is 11.9. The number of aromatic nitrogens is 2. The number of rotatable bonds is 5. The number of nitrogens with zero attached hydrogens (tertiary/aromatic N) is 3. The van der Waals surface area contributed by atoms with E-state index in [1.165, 1.54) is 14.1 Å². The Hall–Kier alpha value is -1.82. The van der Waals surface area contributed by atoms with E-state index in [4.69, 9.17) is 5.73 Å². The third-order valence-corrected chi connectivity index (χ3v) is 4.24. The Morgan fingerprint density at radius 2 is 2.00 bits per heavy atom. The standard InChI is InChI=1S/C9H14F3N5O3S/c1-16(2)7(18)4-17(5-9(10,11)12)21(19,20)6-3-14-15-8(6)13/h3H,4-5H2,1-2H3,(H3,13,14,15). The molecule has 12 heteroatoms. The zero-order chi connectivity index (χ0) is 16.4. The summed E-state index contributed by atoms with van der Waals surface area (Å²) >= 11 is 0. The van der Waals surface area contributed by atoms with E-state index in [1.54, 1.807) is 0 Å². The zero-order valence-electron chi connectivity index (χ0n) is 11.2. The second-order valence-electron chi connectivity index (χ2n) is 4.32. The lowest BCUT2D eigenvalue weighted by molar-refractivity contribution is -0.141. The molecule has 0 atom stereocenters. The van der Waals surface area contributed by atoms with Crippen molar-refractivity contribution in [3.8, 4) is 0 Å². The number of halogens is 3. The van der Waals surface area contributed by atoms with Crippen molar-refractivity contribution in [1.29, 1.82) is 0 Å². The van der Waals surface area contributed by atoms with Crippen LogP contribution in [0.2, 0.25) is 0 Å². The van der Waals surface area contributed by atoms with Crippen molar-refractivity contribution >= 4 is 21.7 Å². The van der Waals surface area contributed by atoms with Gasteiger partial charge < -0.3 is 10.6 Å². The van der Waals surface area contributed by atoms with E-state index in [2.05, 4.69) is 10.2 Å². The molecule has 0 aliphatic rings. The van der Waals surface area contributed by atoms with Gasteiger partial charge in [-0.15, -0.1) is 0 Å². The molecule has 1 amide bonds. The van der Waals surface area contributed by atoms with E-state index < -0.39 is 45.9 Å². The summed E-state index contributed by atoms with van der Waals surface area (Å²) in [6.07, 6.45) is -4.02. The van der Waals surface area contributed by atoms with Crippen molar-refractivity contribution in [2.45, 2.75) is 11.1 Å². The number of carbonyl (C=O) groups is 1. The third kappa shape index (κ3) is 4.32. The fraction of sp³-hybridized carbons (Fsp3) is 0.556. The van der Waals surface area contributed by atoms with Crippen LogP contribution in [0, 0.1) is 0 Å². The number of nitrogen functional groups attached to an aromatic ring is 1. The maximum absolute atomic E-state index is 12.5. The lowest BCUT2D eigenvalue weighted by Crippen LogP contribution is -2.44. The molecule has 0 unspecified atom stereocenters. The summed E-state index contributed by atoms with van der Waals surface area (Å²) in [5, 5.41) is 5.46. The number of amides is 1. The van der Waals surface area contributed by atoms with E-state index >= 15 is 0 Å². The van der Waals surface area contributed by atoms with Crippen LogP contribution < -0.4 is 5.73 Å². The average molecular weight is 329 g/mol. The molecule has 0 saturated carbocycles. The molecule has 0 spiro atoms. The van der Waals surface area contributed by atoms with Crippen molar-refractivity contribution in [1.82, 2.24) is 19.4 Å². The lowest BCUT2D eigenvalue weighted by atomic mass is 10.5. The van der Waals surface area contributed by atoms with Crippen LogP contribution >= 0.6 is 0 Å². The Labute approximate surface area is 118 Å². The summed E-state index contributed by atoms with van der Waals surface area (Å²) in [7, 11) is -2.01. The summed E-state index contributed by atoms with van der Waals surface area (Å²) in [5.74, 6) is -1.20. The quantitative estimate of drug-likeness (QED) is 0.765. The van der Waals surface area contributed by atoms with Crippen LogP contribution in [0.15, 0.2) is 11.1 Å². The number of hydrogen-bond donors (Lipinski definition) is 2. The SMILES string of the molecule is CN(C)C(=O)CN(CC(F)(F)F)S(=O)(=O)c1cn[nH]c1N. The first-order valence-corrected chi connectivity index (χ1v) is 6.95. The highest BCUT2D eigenvalue weighted by molar-refractivity contribution is 7.89. The number of nitrogens with two attached hydrogens (primary N) is 1. The Bertz CT molecular complexity index is 610. The summed E-state index contributed by atoms with van der Waals surface area (Å²) < 4.78 is 62.0. The second kappa shape index (κ2) is 5.89. The molecule has 1 heterocycles. The van der Waals surface area contributed by atoms with Gasteiger partial charge in [0, 0.05) is 14.1 Å². The first kappa shape index (κ1) is 17.2. The molecule has 0 aliphatic carbocycles. The smallest absolute Gasteiger partial charge is 0.383 e. The van der Waals surface area contributed by atoms with E-state index in [1.807, 2.05) is 0 Å². The van der Waals surface area contributed by atoms with Gasteiger partial charge in [-0.2, -0.15) is 22.6 Å². The molecule has 0 aliphatic heterocycles. The van der Waals surface area contributed by atoms with E-state index in [0.29, 0.717) is 0 Å². The largest absolute Gasteiger partial charge is 0.402 e.